The number of aromatic amines is 1. The summed E-state index contributed by atoms with van der Waals surface area (Å²) in [6.45, 7) is 2.64. The van der Waals surface area contributed by atoms with Gasteiger partial charge in [0.05, 0.1) is 18.3 Å². The van der Waals surface area contributed by atoms with Gasteiger partial charge in [-0.15, -0.1) is 0 Å². The number of piperazine rings is 1. The summed E-state index contributed by atoms with van der Waals surface area (Å²) in [6, 6.07) is 11.2. The molecule has 0 radical (unpaired) electrons. The molecule has 1 fully saturated rings. The highest BCUT2D eigenvalue weighted by molar-refractivity contribution is 6.30. The number of pyridine rings is 1. The molecule has 0 bridgehead atoms. The Balaban J connectivity index is 1.62. The predicted molar refractivity (Wildman–Crippen MR) is 109 cm³/mol. The molecule has 1 aromatic carbocycles. The largest absolute Gasteiger partial charge is 0.349 e. The van der Waals surface area contributed by atoms with E-state index in [1.54, 1.807) is 12.4 Å². The van der Waals surface area contributed by atoms with Crippen LogP contribution in [0.25, 0.3) is 22.4 Å². The van der Waals surface area contributed by atoms with Crippen molar-refractivity contribution in [3.8, 4) is 22.4 Å². The van der Waals surface area contributed by atoms with Crippen LogP contribution in [0.2, 0.25) is 5.02 Å². The molecule has 8 heteroatoms. The Labute approximate surface area is 167 Å². The van der Waals surface area contributed by atoms with Crippen molar-refractivity contribution < 1.29 is 4.79 Å². The number of carbonyl (C=O) groups excluding carboxylic acids is 1. The van der Waals surface area contributed by atoms with Gasteiger partial charge in [-0.1, -0.05) is 23.7 Å². The van der Waals surface area contributed by atoms with Gasteiger partial charge < -0.3 is 16.0 Å². The summed E-state index contributed by atoms with van der Waals surface area (Å²) in [7, 11) is 0. The van der Waals surface area contributed by atoms with Crippen LogP contribution in [0.3, 0.4) is 0 Å². The maximum Gasteiger partial charge on any atom is 0.238 e. The van der Waals surface area contributed by atoms with Crippen molar-refractivity contribution in [3.63, 3.8) is 0 Å². The molecule has 1 aliphatic rings. The Morgan fingerprint density at radius 2 is 1.89 bits per heavy atom. The zero-order valence-corrected chi connectivity index (χ0v) is 16.0. The third-order valence-electron chi connectivity index (χ3n) is 4.72. The standard InChI is InChI=1S/C20H21ClN6O/c21-15-3-1-14(2-4-15)19-18(13-5-7-22-8-6-13)16(26-27-19)12-25-20(28)17-11-23-9-10-24-17/h1-8,17,23-24H,9-12H2,(H,25,28)(H,26,27). The third kappa shape index (κ3) is 4.06. The van der Waals surface area contributed by atoms with E-state index in [0.29, 0.717) is 18.1 Å². The van der Waals surface area contributed by atoms with E-state index < -0.39 is 0 Å². The number of carbonyl (C=O) groups is 1. The zero-order valence-electron chi connectivity index (χ0n) is 15.2. The molecule has 1 amide bonds. The molecule has 1 saturated heterocycles. The van der Waals surface area contributed by atoms with Crippen LogP contribution in [-0.2, 0) is 11.3 Å². The van der Waals surface area contributed by atoms with Crippen molar-refractivity contribution in [2.75, 3.05) is 19.6 Å². The van der Waals surface area contributed by atoms with Crippen molar-refractivity contribution in [1.29, 1.82) is 0 Å². The Bertz CT molecular complexity index is 935. The summed E-state index contributed by atoms with van der Waals surface area (Å²) in [6.07, 6.45) is 3.49. The molecule has 144 valence electrons. The molecule has 0 aliphatic carbocycles. The highest BCUT2D eigenvalue weighted by Gasteiger charge is 2.22. The molecule has 7 nitrogen and oxygen atoms in total. The van der Waals surface area contributed by atoms with Crippen LogP contribution in [-0.4, -0.2) is 46.8 Å². The minimum atomic E-state index is -0.225. The average molecular weight is 397 g/mol. The number of amides is 1. The van der Waals surface area contributed by atoms with Gasteiger partial charge in [0.1, 0.15) is 5.69 Å². The Hall–Kier alpha value is -2.74. The first-order chi connectivity index (χ1) is 13.7. The van der Waals surface area contributed by atoms with E-state index in [1.165, 1.54) is 0 Å². The monoisotopic (exact) mass is 396 g/mol. The minimum absolute atomic E-state index is 0.0319. The number of halogens is 1. The summed E-state index contributed by atoms with van der Waals surface area (Å²) in [4.78, 5) is 16.6. The summed E-state index contributed by atoms with van der Waals surface area (Å²) in [5.41, 5.74) is 4.52. The molecular weight excluding hydrogens is 376 g/mol. The smallest absolute Gasteiger partial charge is 0.238 e. The van der Waals surface area contributed by atoms with Crippen molar-refractivity contribution >= 4 is 17.5 Å². The third-order valence-corrected chi connectivity index (χ3v) is 4.98. The van der Waals surface area contributed by atoms with E-state index in [0.717, 1.165) is 41.2 Å². The van der Waals surface area contributed by atoms with E-state index in [-0.39, 0.29) is 11.9 Å². The number of nitrogens with zero attached hydrogens (tertiary/aromatic N) is 2. The molecule has 28 heavy (non-hydrogen) atoms. The van der Waals surface area contributed by atoms with Gasteiger partial charge in [-0.05, 0) is 29.8 Å². The molecule has 0 spiro atoms. The first-order valence-electron chi connectivity index (χ1n) is 9.18. The van der Waals surface area contributed by atoms with Gasteiger partial charge in [-0.3, -0.25) is 14.9 Å². The van der Waals surface area contributed by atoms with Gasteiger partial charge >= 0.3 is 0 Å². The second kappa shape index (κ2) is 8.52. The molecule has 4 rings (SSSR count). The lowest BCUT2D eigenvalue weighted by atomic mass is 9.99. The van der Waals surface area contributed by atoms with Crippen LogP contribution in [0.15, 0.2) is 48.8 Å². The fraction of sp³-hybridized carbons (Fsp3) is 0.250. The summed E-state index contributed by atoms with van der Waals surface area (Å²) < 4.78 is 0. The number of aromatic nitrogens is 3. The van der Waals surface area contributed by atoms with E-state index in [9.17, 15) is 4.79 Å². The van der Waals surface area contributed by atoms with Gasteiger partial charge in [-0.25, -0.2) is 0 Å². The first kappa shape index (κ1) is 18.6. The summed E-state index contributed by atoms with van der Waals surface area (Å²) in [5, 5.41) is 17.7. The molecule has 1 atom stereocenters. The number of H-pyrrole nitrogens is 1. The van der Waals surface area contributed by atoms with Crippen LogP contribution < -0.4 is 16.0 Å². The molecule has 1 unspecified atom stereocenters. The van der Waals surface area contributed by atoms with Crippen LogP contribution in [0, 0.1) is 0 Å². The van der Waals surface area contributed by atoms with Crippen molar-refractivity contribution in [2.24, 2.45) is 0 Å². The number of rotatable bonds is 5. The lowest BCUT2D eigenvalue weighted by Crippen LogP contribution is -2.55. The van der Waals surface area contributed by atoms with Gasteiger partial charge in [0, 0.05) is 48.2 Å². The molecule has 4 N–H and O–H groups in total. The fourth-order valence-electron chi connectivity index (χ4n) is 3.29. The lowest BCUT2D eigenvalue weighted by molar-refractivity contribution is -0.123. The SMILES string of the molecule is O=C(NCc1[nH]nc(-c2ccc(Cl)cc2)c1-c1ccncc1)C1CNCCN1. The van der Waals surface area contributed by atoms with Crippen LogP contribution >= 0.6 is 11.6 Å². The molecule has 3 heterocycles. The number of benzene rings is 1. The Morgan fingerprint density at radius 1 is 1.11 bits per heavy atom. The van der Waals surface area contributed by atoms with Gasteiger partial charge in [0.15, 0.2) is 0 Å². The zero-order chi connectivity index (χ0) is 19.3. The Kier molecular flexibility index (Phi) is 5.66. The summed E-state index contributed by atoms with van der Waals surface area (Å²) >= 11 is 6.02. The van der Waals surface area contributed by atoms with Crippen molar-refractivity contribution in [1.82, 2.24) is 31.1 Å². The second-order valence-electron chi connectivity index (χ2n) is 6.60. The molecular formula is C20H21ClN6O. The molecule has 3 aromatic rings. The van der Waals surface area contributed by atoms with E-state index in [2.05, 4.69) is 31.1 Å². The van der Waals surface area contributed by atoms with Gasteiger partial charge in [-0.2, -0.15) is 5.10 Å². The minimum Gasteiger partial charge on any atom is -0.349 e. The van der Waals surface area contributed by atoms with Gasteiger partial charge in [0.25, 0.3) is 0 Å². The van der Waals surface area contributed by atoms with E-state index >= 15 is 0 Å². The predicted octanol–water partition coefficient (Wildman–Crippen LogP) is 1.97. The maximum absolute atomic E-state index is 12.5. The van der Waals surface area contributed by atoms with E-state index in [1.807, 2.05) is 36.4 Å². The quantitative estimate of drug-likeness (QED) is 0.529. The summed E-state index contributed by atoms with van der Waals surface area (Å²) in [5.74, 6) is -0.0319. The topological polar surface area (TPSA) is 94.7 Å². The fourth-order valence-corrected chi connectivity index (χ4v) is 3.42. The maximum atomic E-state index is 12.5. The van der Waals surface area contributed by atoms with Crippen LogP contribution in [0.4, 0.5) is 0 Å². The van der Waals surface area contributed by atoms with Crippen molar-refractivity contribution in [3.05, 3.63) is 59.5 Å². The molecule has 0 saturated carbocycles. The second-order valence-corrected chi connectivity index (χ2v) is 7.03. The van der Waals surface area contributed by atoms with E-state index in [4.69, 9.17) is 11.6 Å². The first-order valence-corrected chi connectivity index (χ1v) is 9.55. The highest BCUT2D eigenvalue weighted by Crippen LogP contribution is 2.33. The van der Waals surface area contributed by atoms with Gasteiger partial charge in [0.2, 0.25) is 5.91 Å². The van der Waals surface area contributed by atoms with Crippen molar-refractivity contribution in [2.45, 2.75) is 12.6 Å². The van der Waals surface area contributed by atoms with Crippen LogP contribution in [0.5, 0.6) is 0 Å². The number of hydrogen-bond acceptors (Lipinski definition) is 5. The number of nitrogens with one attached hydrogen (secondary N) is 4. The number of hydrogen-bond donors (Lipinski definition) is 4. The van der Waals surface area contributed by atoms with Crippen LogP contribution in [0.1, 0.15) is 5.69 Å². The lowest BCUT2D eigenvalue weighted by Gasteiger charge is -2.23. The molecule has 2 aromatic heterocycles. The average Bonchev–Trinajstić information content (AvgIpc) is 3.17. The highest BCUT2D eigenvalue weighted by atomic mass is 35.5. The Morgan fingerprint density at radius 3 is 2.61 bits per heavy atom. The molecule has 1 aliphatic heterocycles. The normalized spacial score (nSPS) is 16.7.